The van der Waals surface area contributed by atoms with Crippen molar-refractivity contribution < 1.29 is 23.1 Å². The number of benzene rings is 1. The molecule has 0 aliphatic carbocycles. The maximum atomic E-state index is 12.4. The van der Waals surface area contributed by atoms with Gasteiger partial charge in [-0.25, -0.2) is 13.1 Å². The van der Waals surface area contributed by atoms with Crippen molar-refractivity contribution in [3.8, 4) is 0 Å². The monoisotopic (exact) mass is 487 g/mol. The number of carbonyl (C=O) groups is 1. The van der Waals surface area contributed by atoms with E-state index in [1.54, 1.807) is 0 Å². The van der Waals surface area contributed by atoms with Crippen LogP contribution in [0.15, 0.2) is 29.2 Å². The molecule has 0 aromatic heterocycles. The molecule has 1 aromatic rings. The molecule has 2 aliphatic rings. The van der Waals surface area contributed by atoms with Crippen LogP contribution in [0.4, 0.5) is 0 Å². The predicted molar refractivity (Wildman–Crippen MR) is 123 cm³/mol. The van der Waals surface area contributed by atoms with Crippen LogP contribution in [0.2, 0.25) is 5.02 Å². The number of rotatable bonds is 10. The highest BCUT2D eigenvalue weighted by molar-refractivity contribution is 7.89. The number of halogens is 1. The zero-order valence-electron chi connectivity index (χ0n) is 18.3. The van der Waals surface area contributed by atoms with Gasteiger partial charge in [0.1, 0.15) is 6.10 Å². The number of nitrogens with zero attached hydrogens (tertiary/aromatic N) is 1. The Hall–Kier alpha value is -1.23. The SMILES string of the molecule is O=C(CCN1CCCCC1)N[C@H]1CC[C@H](CCNS(=O)(=O)c2ccc(Cl)cc2)O[C@H]1CO. The normalized spacial score (nSPS) is 24.9. The van der Waals surface area contributed by atoms with Crippen LogP contribution in [0.25, 0.3) is 0 Å². The van der Waals surface area contributed by atoms with Gasteiger partial charge in [0.05, 0.1) is 23.6 Å². The highest BCUT2D eigenvalue weighted by atomic mass is 35.5. The fraction of sp³-hybridized carbons (Fsp3) is 0.682. The van der Waals surface area contributed by atoms with Crippen LogP contribution >= 0.6 is 11.6 Å². The largest absolute Gasteiger partial charge is 0.394 e. The maximum absolute atomic E-state index is 12.4. The summed E-state index contributed by atoms with van der Waals surface area (Å²) in [5.41, 5.74) is 0. The van der Waals surface area contributed by atoms with Gasteiger partial charge in [-0.05, 0) is 69.5 Å². The van der Waals surface area contributed by atoms with E-state index in [-0.39, 0.29) is 36.1 Å². The molecule has 8 nitrogen and oxygen atoms in total. The lowest BCUT2D eigenvalue weighted by molar-refractivity contribution is -0.128. The van der Waals surface area contributed by atoms with Crippen LogP contribution < -0.4 is 10.0 Å². The first-order valence-corrected chi connectivity index (χ1v) is 13.3. The summed E-state index contributed by atoms with van der Waals surface area (Å²) in [4.78, 5) is 14.9. The molecule has 0 radical (unpaired) electrons. The summed E-state index contributed by atoms with van der Waals surface area (Å²) in [6.07, 6.45) is 5.31. The van der Waals surface area contributed by atoms with Crippen LogP contribution in [-0.4, -0.2) is 75.4 Å². The molecular formula is C22H34ClN3O5S. The Bertz CT molecular complexity index is 830. The third-order valence-electron chi connectivity index (χ3n) is 6.13. The van der Waals surface area contributed by atoms with Crippen molar-refractivity contribution in [2.45, 2.75) is 68.1 Å². The van der Waals surface area contributed by atoms with Gasteiger partial charge >= 0.3 is 0 Å². The molecular weight excluding hydrogens is 454 g/mol. The summed E-state index contributed by atoms with van der Waals surface area (Å²) in [5, 5.41) is 13.2. The average molecular weight is 488 g/mol. The number of hydrogen-bond donors (Lipinski definition) is 3. The third-order valence-corrected chi connectivity index (χ3v) is 7.86. The number of aliphatic hydroxyl groups excluding tert-OH is 1. The van der Waals surface area contributed by atoms with Crippen molar-refractivity contribution in [2.24, 2.45) is 0 Å². The first-order chi connectivity index (χ1) is 15.4. The van der Waals surface area contributed by atoms with E-state index < -0.39 is 16.1 Å². The average Bonchev–Trinajstić information content (AvgIpc) is 2.79. The van der Waals surface area contributed by atoms with E-state index in [4.69, 9.17) is 16.3 Å². The van der Waals surface area contributed by atoms with Crippen molar-refractivity contribution in [1.29, 1.82) is 0 Å². The number of amides is 1. The molecule has 0 saturated carbocycles. The van der Waals surface area contributed by atoms with Gasteiger partial charge in [-0.2, -0.15) is 0 Å². The van der Waals surface area contributed by atoms with Crippen LogP contribution in [0.3, 0.4) is 0 Å². The van der Waals surface area contributed by atoms with E-state index >= 15 is 0 Å². The van der Waals surface area contributed by atoms with Crippen molar-refractivity contribution >= 4 is 27.5 Å². The zero-order valence-corrected chi connectivity index (χ0v) is 19.9. The van der Waals surface area contributed by atoms with Crippen molar-refractivity contribution in [3.63, 3.8) is 0 Å². The van der Waals surface area contributed by atoms with Gasteiger partial charge in [-0.1, -0.05) is 18.0 Å². The van der Waals surface area contributed by atoms with Gasteiger partial charge < -0.3 is 20.1 Å². The van der Waals surface area contributed by atoms with E-state index in [0.29, 0.717) is 30.7 Å². The molecule has 1 amide bonds. The molecule has 0 bridgehead atoms. The van der Waals surface area contributed by atoms with E-state index in [0.717, 1.165) is 19.6 Å². The topological polar surface area (TPSA) is 108 Å². The van der Waals surface area contributed by atoms with Gasteiger partial charge in [-0.15, -0.1) is 0 Å². The molecule has 10 heteroatoms. The third kappa shape index (κ3) is 7.67. The Kier molecular flexibility index (Phi) is 9.76. The van der Waals surface area contributed by atoms with E-state index in [9.17, 15) is 18.3 Å². The molecule has 3 atom stereocenters. The molecule has 0 spiro atoms. The second-order valence-corrected chi connectivity index (χ2v) is 10.7. The Morgan fingerprint density at radius 2 is 1.88 bits per heavy atom. The lowest BCUT2D eigenvalue weighted by Gasteiger charge is -2.36. The highest BCUT2D eigenvalue weighted by Gasteiger charge is 2.32. The number of nitrogens with one attached hydrogen (secondary N) is 2. The molecule has 2 saturated heterocycles. The van der Waals surface area contributed by atoms with Crippen LogP contribution in [0, 0.1) is 0 Å². The highest BCUT2D eigenvalue weighted by Crippen LogP contribution is 2.22. The lowest BCUT2D eigenvalue weighted by Crippen LogP contribution is -2.51. The molecule has 1 aromatic carbocycles. The van der Waals surface area contributed by atoms with Crippen molar-refractivity contribution in [1.82, 2.24) is 14.9 Å². The maximum Gasteiger partial charge on any atom is 0.240 e. The first-order valence-electron chi connectivity index (χ1n) is 11.4. The summed E-state index contributed by atoms with van der Waals surface area (Å²) in [7, 11) is -3.61. The van der Waals surface area contributed by atoms with E-state index in [1.165, 1.54) is 43.5 Å². The molecule has 2 fully saturated rings. The van der Waals surface area contributed by atoms with Gasteiger partial charge in [0.2, 0.25) is 15.9 Å². The fourth-order valence-electron chi connectivity index (χ4n) is 4.28. The molecule has 2 heterocycles. The Morgan fingerprint density at radius 1 is 1.16 bits per heavy atom. The zero-order chi connectivity index (χ0) is 23.0. The van der Waals surface area contributed by atoms with Crippen molar-refractivity contribution in [2.75, 3.05) is 32.8 Å². The van der Waals surface area contributed by atoms with Crippen LogP contribution in [0.1, 0.15) is 44.9 Å². The number of sulfonamides is 1. The van der Waals surface area contributed by atoms with E-state index in [2.05, 4.69) is 14.9 Å². The summed E-state index contributed by atoms with van der Waals surface area (Å²) in [6, 6.07) is 5.76. The minimum Gasteiger partial charge on any atom is -0.394 e. The number of carbonyl (C=O) groups excluding carboxylic acids is 1. The second kappa shape index (κ2) is 12.3. The van der Waals surface area contributed by atoms with Crippen molar-refractivity contribution in [3.05, 3.63) is 29.3 Å². The Balaban J connectivity index is 1.39. The molecule has 2 aliphatic heterocycles. The van der Waals surface area contributed by atoms with Crippen LogP contribution in [-0.2, 0) is 19.6 Å². The molecule has 3 rings (SSSR count). The minimum absolute atomic E-state index is 0.0169. The summed E-state index contributed by atoms with van der Waals surface area (Å²) in [6.45, 7) is 2.91. The number of hydrogen-bond acceptors (Lipinski definition) is 6. The minimum atomic E-state index is -3.61. The quantitative estimate of drug-likeness (QED) is 0.465. The number of piperidine rings is 1. The predicted octanol–water partition coefficient (Wildman–Crippen LogP) is 1.91. The molecule has 3 N–H and O–H groups in total. The standard InChI is InChI=1S/C22H34ClN3O5S/c23-17-4-7-19(8-5-17)32(29,30)24-12-10-18-6-9-20(21(16-27)31-18)25-22(28)11-15-26-13-2-1-3-14-26/h4-5,7-8,18,20-21,24,27H,1-3,6,9-16H2,(H,25,28)/t18-,20+,21+/m1/s1. The Morgan fingerprint density at radius 3 is 2.56 bits per heavy atom. The fourth-order valence-corrected chi connectivity index (χ4v) is 5.46. The van der Waals surface area contributed by atoms with E-state index in [1.807, 2.05) is 0 Å². The molecule has 32 heavy (non-hydrogen) atoms. The summed E-state index contributed by atoms with van der Waals surface area (Å²) in [5.74, 6) is -0.0169. The van der Waals surface area contributed by atoms with Gasteiger partial charge in [0.15, 0.2) is 0 Å². The van der Waals surface area contributed by atoms with Gasteiger partial charge in [0.25, 0.3) is 0 Å². The lowest BCUT2D eigenvalue weighted by atomic mass is 9.97. The van der Waals surface area contributed by atoms with Crippen LogP contribution in [0.5, 0.6) is 0 Å². The summed E-state index contributed by atoms with van der Waals surface area (Å²) < 4.78 is 33.3. The number of likely N-dealkylation sites (tertiary alicyclic amines) is 1. The molecule has 0 unspecified atom stereocenters. The Labute approximate surface area is 195 Å². The first kappa shape index (κ1) is 25.4. The van der Waals surface area contributed by atoms with Gasteiger partial charge in [-0.3, -0.25) is 4.79 Å². The van der Waals surface area contributed by atoms with Gasteiger partial charge in [0, 0.05) is 24.5 Å². The smallest absolute Gasteiger partial charge is 0.240 e. The summed E-state index contributed by atoms with van der Waals surface area (Å²) >= 11 is 5.81. The second-order valence-electron chi connectivity index (χ2n) is 8.52. The number of aliphatic hydroxyl groups is 1. The number of ether oxygens (including phenoxy) is 1. The molecule has 180 valence electrons.